The number of nitro benzene ring substituents is 1. The normalized spacial score (nSPS) is 10.2. The summed E-state index contributed by atoms with van der Waals surface area (Å²) in [4.78, 5) is 24.1. The maximum Gasteiger partial charge on any atom is 0.293 e. The van der Waals surface area contributed by atoms with Crippen LogP contribution in [0.5, 0.6) is 0 Å². The highest BCUT2D eigenvalue weighted by Gasteiger charge is 2.19. The first-order valence-corrected chi connectivity index (χ1v) is 7.36. The second-order valence-electron chi connectivity index (χ2n) is 4.80. The average Bonchev–Trinajstić information content (AvgIpc) is 2.49. The maximum absolute atomic E-state index is 12.8. The Morgan fingerprint density at radius 2 is 1.96 bits per heavy atom. The van der Waals surface area contributed by atoms with Crippen LogP contribution in [-0.2, 0) is 4.79 Å². The van der Waals surface area contributed by atoms with Gasteiger partial charge in [-0.3, -0.25) is 14.9 Å². The van der Waals surface area contributed by atoms with Gasteiger partial charge in [0, 0.05) is 23.3 Å². The number of rotatable bonds is 5. The van der Waals surface area contributed by atoms with Crippen LogP contribution in [0.25, 0.3) is 0 Å². The predicted octanol–water partition coefficient (Wildman–Crippen LogP) is 3.57. The molecule has 0 aromatic heterocycles. The number of carbonyl (C=O) groups is 1. The lowest BCUT2D eigenvalue weighted by Gasteiger charge is -2.18. The van der Waals surface area contributed by atoms with Crippen LogP contribution < -0.4 is 10.2 Å². The highest BCUT2D eigenvalue weighted by molar-refractivity contribution is 9.10. The first-order valence-electron chi connectivity index (χ1n) is 6.57. The summed E-state index contributed by atoms with van der Waals surface area (Å²) in [5, 5.41) is 13.7. The van der Waals surface area contributed by atoms with Crippen LogP contribution in [0.3, 0.4) is 0 Å². The van der Waals surface area contributed by atoms with Gasteiger partial charge in [-0.15, -0.1) is 0 Å². The van der Waals surface area contributed by atoms with Crippen LogP contribution in [-0.4, -0.2) is 24.4 Å². The third-order valence-corrected chi connectivity index (χ3v) is 3.55. The molecule has 0 saturated heterocycles. The molecular weight excluding hydrogens is 369 g/mol. The number of benzene rings is 2. The van der Waals surface area contributed by atoms with E-state index in [9.17, 15) is 19.3 Å². The number of nitro groups is 1. The molecule has 6 nitrogen and oxygen atoms in total. The summed E-state index contributed by atoms with van der Waals surface area (Å²) in [7, 11) is 1.58. The lowest BCUT2D eigenvalue weighted by molar-refractivity contribution is -0.384. The van der Waals surface area contributed by atoms with E-state index >= 15 is 0 Å². The second kappa shape index (κ2) is 7.19. The minimum absolute atomic E-state index is 0.0835. The number of anilines is 2. The summed E-state index contributed by atoms with van der Waals surface area (Å²) < 4.78 is 13.4. The molecule has 120 valence electrons. The van der Waals surface area contributed by atoms with E-state index in [1.54, 1.807) is 19.2 Å². The molecule has 2 rings (SSSR count). The van der Waals surface area contributed by atoms with E-state index in [2.05, 4.69) is 21.2 Å². The van der Waals surface area contributed by atoms with Gasteiger partial charge in [-0.05, 0) is 36.4 Å². The molecule has 0 bridgehead atoms. The lowest BCUT2D eigenvalue weighted by atomic mass is 10.2. The van der Waals surface area contributed by atoms with E-state index in [-0.39, 0.29) is 18.1 Å². The molecule has 0 aliphatic heterocycles. The van der Waals surface area contributed by atoms with E-state index in [0.29, 0.717) is 15.8 Å². The Labute approximate surface area is 140 Å². The van der Waals surface area contributed by atoms with Crippen molar-refractivity contribution in [2.24, 2.45) is 0 Å². The third kappa shape index (κ3) is 4.49. The first kappa shape index (κ1) is 16.9. The van der Waals surface area contributed by atoms with Crippen molar-refractivity contribution in [1.29, 1.82) is 0 Å². The molecule has 1 N–H and O–H groups in total. The Bertz CT molecular complexity index is 737. The molecule has 2 aromatic carbocycles. The number of likely N-dealkylation sites (N-methyl/N-ethyl adjacent to an activating group) is 1. The van der Waals surface area contributed by atoms with Crippen LogP contribution in [0.2, 0.25) is 0 Å². The van der Waals surface area contributed by atoms with Gasteiger partial charge in [0.2, 0.25) is 5.91 Å². The Morgan fingerprint density at radius 1 is 1.30 bits per heavy atom. The molecule has 0 aliphatic rings. The smallest absolute Gasteiger partial charge is 0.293 e. The molecule has 23 heavy (non-hydrogen) atoms. The van der Waals surface area contributed by atoms with Gasteiger partial charge >= 0.3 is 0 Å². The molecule has 0 aliphatic carbocycles. The van der Waals surface area contributed by atoms with Crippen molar-refractivity contribution < 1.29 is 14.1 Å². The minimum atomic E-state index is -0.505. The highest BCUT2D eigenvalue weighted by Crippen LogP contribution is 2.30. The zero-order chi connectivity index (χ0) is 17.0. The van der Waals surface area contributed by atoms with Gasteiger partial charge in [0.25, 0.3) is 5.69 Å². The van der Waals surface area contributed by atoms with Gasteiger partial charge < -0.3 is 10.2 Å². The highest BCUT2D eigenvalue weighted by atomic mass is 79.9. The van der Waals surface area contributed by atoms with Crippen molar-refractivity contribution in [3.63, 3.8) is 0 Å². The largest absolute Gasteiger partial charge is 0.360 e. The summed E-state index contributed by atoms with van der Waals surface area (Å²) in [6, 6.07) is 9.95. The van der Waals surface area contributed by atoms with Crippen molar-refractivity contribution in [2.45, 2.75) is 0 Å². The summed E-state index contributed by atoms with van der Waals surface area (Å²) in [6.45, 7) is -0.0835. The van der Waals surface area contributed by atoms with Gasteiger partial charge in [0.15, 0.2) is 0 Å². The predicted molar refractivity (Wildman–Crippen MR) is 89.1 cm³/mol. The second-order valence-corrected chi connectivity index (χ2v) is 5.72. The van der Waals surface area contributed by atoms with Gasteiger partial charge in [-0.2, -0.15) is 0 Å². The standard InChI is InChI=1S/C15H13BrFN3O3/c1-19(13-7-2-10(16)8-14(13)20(22)23)9-15(21)18-12-5-3-11(17)4-6-12/h2-8H,9H2,1H3,(H,18,21). The van der Waals surface area contributed by atoms with Crippen molar-refractivity contribution in [2.75, 3.05) is 23.8 Å². The third-order valence-electron chi connectivity index (χ3n) is 3.05. The van der Waals surface area contributed by atoms with Gasteiger partial charge in [0.1, 0.15) is 11.5 Å². The van der Waals surface area contributed by atoms with Gasteiger partial charge in [-0.25, -0.2) is 4.39 Å². The molecule has 1 amide bonds. The number of amides is 1. The number of carbonyl (C=O) groups excluding carboxylic acids is 1. The fraction of sp³-hybridized carbons (Fsp3) is 0.133. The molecule has 8 heteroatoms. The van der Waals surface area contributed by atoms with E-state index in [4.69, 9.17) is 0 Å². The number of nitrogens with zero attached hydrogens (tertiary/aromatic N) is 2. The average molecular weight is 382 g/mol. The summed E-state index contributed by atoms with van der Waals surface area (Å²) in [5.41, 5.74) is 0.680. The van der Waals surface area contributed by atoms with Gasteiger partial charge in [-0.1, -0.05) is 15.9 Å². The van der Waals surface area contributed by atoms with Crippen molar-refractivity contribution in [1.82, 2.24) is 0 Å². The Morgan fingerprint density at radius 3 is 2.57 bits per heavy atom. The zero-order valence-electron chi connectivity index (χ0n) is 12.1. The van der Waals surface area contributed by atoms with Crippen LogP contribution in [0.4, 0.5) is 21.5 Å². The molecule has 0 radical (unpaired) electrons. The molecule has 0 atom stereocenters. The van der Waals surface area contributed by atoms with Crippen LogP contribution in [0.15, 0.2) is 46.9 Å². The van der Waals surface area contributed by atoms with E-state index in [0.717, 1.165) is 0 Å². The van der Waals surface area contributed by atoms with E-state index < -0.39 is 10.7 Å². The van der Waals surface area contributed by atoms with E-state index in [1.165, 1.54) is 35.2 Å². The van der Waals surface area contributed by atoms with Crippen LogP contribution in [0, 0.1) is 15.9 Å². The fourth-order valence-electron chi connectivity index (χ4n) is 2.00. The summed E-state index contributed by atoms with van der Waals surface area (Å²) in [5.74, 6) is -0.762. The first-order chi connectivity index (χ1) is 10.9. The Kier molecular flexibility index (Phi) is 5.28. The molecule has 0 unspecified atom stereocenters. The summed E-state index contributed by atoms with van der Waals surface area (Å²) >= 11 is 3.18. The fourth-order valence-corrected chi connectivity index (χ4v) is 2.35. The van der Waals surface area contributed by atoms with Crippen molar-refractivity contribution in [3.8, 4) is 0 Å². The molecule has 0 saturated carbocycles. The number of nitrogens with one attached hydrogen (secondary N) is 1. The maximum atomic E-state index is 12.8. The van der Waals surface area contributed by atoms with Crippen LogP contribution in [0.1, 0.15) is 0 Å². The quantitative estimate of drug-likeness (QED) is 0.634. The number of hydrogen-bond acceptors (Lipinski definition) is 4. The topological polar surface area (TPSA) is 75.5 Å². The molecule has 0 spiro atoms. The monoisotopic (exact) mass is 381 g/mol. The summed E-state index contributed by atoms with van der Waals surface area (Å²) in [6.07, 6.45) is 0. The zero-order valence-corrected chi connectivity index (χ0v) is 13.7. The molecule has 0 heterocycles. The molecule has 2 aromatic rings. The Balaban J connectivity index is 2.09. The molecule has 0 fully saturated rings. The SMILES string of the molecule is CN(CC(=O)Nc1ccc(F)cc1)c1ccc(Br)cc1[N+](=O)[O-]. The Hall–Kier alpha value is -2.48. The van der Waals surface area contributed by atoms with Crippen molar-refractivity contribution >= 4 is 38.9 Å². The van der Waals surface area contributed by atoms with Gasteiger partial charge in [0.05, 0.1) is 11.5 Å². The molecular formula is C15H13BrFN3O3. The number of halogens is 2. The lowest BCUT2D eigenvalue weighted by Crippen LogP contribution is -2.30. The van der Waals surface area contributed by atoms with E-state index in [1.807, 2.05) is 0 Å². The van der Waals surface area contributed by atoms with Crippen LogP contribution >= 0.6 is 15.9 Å². The number of hydrogen-bond donors (Lipinski definition) is 1. The minimum Gasteiger partial charge on any atom is -0.360 e. The van der Waals surface area contributed by atoms with Crippen molar-refractivity contribution in [3.05, 3.63) is 62.9 Å².